The summed E-state index contributed by atoms with van der Waals surface area (Å²) in [5.41, 5.74) is 8.08. The second-order valence-corrected chi connectivity index (χ2v) is 5.37. The molecule has 0 saturated heterocycles. The van der Waals surface area contributed by atoms with Gasteiger partial charge in [0.1, 0.15) is 0 Å². The number of nitrogens with zero attached hydrogens (tertiary/aromatic N) is 2. The van der Waals surface area contributed by atoms with Crippen LogP contribution in [-0.2, 0) is 6.54 Å². The fourth-order valence-corrected chi connectivity index (χ4v) is 2.58. The number of nitrogens with two attached hydrogens (primary N) is 1. The predicted octanol–water partition coefficient (Wildman–Crippen LogP) is 2.55. The van der Waals surface area contributed by atoms with Gasteiger partial charge in [-0.3, -0.25) is 9.88 Å². The average Bonchev–Trinajstić information content (AvgIpc) is 3.28. The number of hydrogen-bond donors (Lipinski definition) is 1. The summed E-state index contributed by atoms with van der Waals surface area (Å²) in [7, 11) is 0. The van der Waals surface area contributed by atoms with Crippen molar-refractivity contribution < 1.29 is 0 Å². The minimum absolute atomic E-state index is 0.783. The van der Waals surface area contributed by atoms with Crippen LogP contribution >= 0.6 is 0 Å². The summed E-state index contributed by atoms with van der Waals surface area (Å²) >= 11 is 0. The van der Waals surface area contributed by atoms with E-state index in [9.17, 15) is 0 Å². The Hall–Kier alpha value is -1.45. The lowest BCUT2D eigenvalue weighted by Crippen LogP contribution is -2.28. The molecule has 19 heavy (non-hydrogen) atoms. The van der Waals surface area contributed by atoms with Crippen molar-refractivity contribution >= 4 is 10.9 Å². The largest absolute Gasteiger partial charge is 0.330 e. The van der Waals surface area contributed by atoms with Gasteiger partial charge in [0.25, 0.3) is 0 Å². The van der Waals surface area contributed by atoms with Gasteiger partial charge in [0.2, 0.25) is 0 Å². The average molecular weight is 255 g/mol. The molecule has 3 heteroatoms. The third kappa shape index (κ3) is 3.11. The quantitative estimate of drug-likeness (QED) is 0.862. The molecule has 1 saturated carbocycles. The van der Waals surface area contributed by atoms with E-state index in [0.717, 1.165) is 37.6 Å². The summed E-state index contributed by atoms with van der Waals surface area (Å²) in [6.07, 6.45) is 5.63. The molecule has 1 aromatic carbocycles. The summed E-state index contributed by atoms with van der Waals surface area (Å²) in [5.74, 6) is 0. The second-order valence-electron chi connectivity index (χ2n) is 5.37. The highest BCUT2D eigenvalue weighted by molar-refractivity contribution is 5.78. The summed E-state index contributed by atoms with van der Waals surface area (Å²) in [6.45, 7) is 2.94. The van der Waals surface area contributed by atoms with Gasteiger partial charge in [-0.15, -0.1) is 0 Å². The van der Waals surface area contributed by atoms with Crippen molar-refractivity contribution in [2.24, 2.45) is 5.73 Å². The molecule has 0 spiro atoms. The normalized spacial score (nSPS) is 15.3. The minimum Gasteiger partial charge on any atom is -0.330 e. The molecular weight excluding hydrogens is 234 g/mol. The maximum Gasteiger partial charge on any atom is 0.0702 e. The molecule has 0 amide bonds. The maximum atomic E-state index is 5.63. The Kier molecular flexibility index (Phi) is 3.76. The SMILES string of the molecule is NCCCN(Cc1ccc2ncccc2c1)C1CC1. The van der Waals surface area contributed by atoms with E-state index in [1.165, 1.54) is 23.8 Å². The van der Waals surface area contributed by atoms with Crippen molar-refractivity contribution in [1.29, 1.82) is 0 Å². The fraction of sp³-hybridized carbons (Fsp3) is 0.438. The minimum atomic E-state index is 0.783. The van der Waals surface area contributed by atoms with Crippen LogP contribution in [0.5, 0.6) is 0 Å². The van der Waals surface area contributed by atoms with Crippen molar-refractivity contribution in [3.05, 3.63) is 42.1 Å². The summed E-state index contributed by atoms with van der Waals surface area (Å²) in [5, 5.41) is 1.23. The van der Waals surface area contributed by atoms with E-state index < -0.39 is 0 Å². The van der Waals surface area contributed by atoms with Crippen molar-refractivity contribution in [1.82, 2.24) is 9.88 Å². The van der Waals surface area contributed by atoms with Crippen LogP contribution < -0.4 is 5.73 Å². The molecule has 2 aromatic rings. The Morgan fingerprint density at radius 2 is 2.16 bits per heavy atom. The second kappa shape index (κ2) is 5.68. The number of rotatable bonds is 6. The lowest BCUT2D eigenvalue weighted by atomic mass is 10.1. The Bertz CT molecular complexity index is 548. The van der Waals surface area contributed by atoms with Gasteiger partial charge in [0, 0.05) is 24.2 Å². The van der Waals surface area contributed by atoms with Gasteiger partial charge < -0.3 is 5.73 Å². The summed E-state index contributed by atoms with van der Waals surface area (Å²) in [6, 6.07) is 11.5. The monoisotopic (exact) mass is 255 g/mol. The first-order valence-corrected chi connectivity index (χ1v) is 7.14. The molecule has 0 atom stereocenters. The van der Waals surface area contributed by atoms with Crippen LogP contribution in [0.3, 0.4) is 0 Å². The number of benzene rings is 1. The highest BCUT2D eigenvalue weighted by Gasteiger charge is 2.28. The van der Waals surface area contributed by atoms with E-state index in [0.29, 0.717) is 0 Å². The molecule has 0 unspecified atom stereocenters. The standard InChI is InChI=1S/C16H21N3/c17-8-2-10-19(15-5-6-15)12-13-4-7-16-14(11-13)3-1-9-18-16/h1,3-4,7,9,11,15H,2,5-6,8,10,12,17H2. The Labute approximate surface area is 114 Å². The van der Waals surface area contributed by atoms with Crippen LogP contribution in [0.4, 0.5) is 0 Å². The number of fused-ring (bicyclic) bond motifs is 1. The third-order valence-corrected chi connectivity index (χ3v) is 3.77. The molecule has 1 aliphatic rings. The van der Waals surface area contributed by atoms with Crippen molar-refractivity contribution in [3.63, 3.8) is 0 Å². The van der Waals surface area contributed by atoms with Gasteiger partial charge in [-0.1, -0.05) is 12.1 Å². The molecule has 3 nitrogen and oxygen atoms in total. The molecule has 1 heterocycles. The van der Waals surface area contributed by atoms with Gasteiger partial charge in [-0.2, -0.15) is 0 Å². The highest BCUT2D eigenvalue weighted by atomic mass is 15.2. The van der Waals surface area contributed by atoms with Gasteiger partial charge in [0.05, 0.1) is 5.52 Å². The Balaban J connectivity index is 1.75. The summed E-state index contributed by atoms with van der Waals surface area (Å²) < 4.78 is 0. The van der Waals surface area contributed by atoms with Crippen LogP contribution in [0, 0.1) is 0 Å². The van der Waals surface area contributed by atoms with Crippen LogP contribution in [0.2, 0.25) is 0 Å². The topological polar surface area (TPSA) is 42.1 Å². The first-order valence-electron chi connectivity index (χ1n) is 7.14. The number of pyridine rings is 1. The van der Waals surface area contributed by atoms with Gasteiger partial charge in [-0.25, -0.2) is 0 Å². The first-order chi connectivity index (χ1) is 9.36. The zero-order valence-electron chi connectivity index (χ0n) is 11.3. The smallest absolute Gasteiger partial charge is 0.0702 e. The van der Waals surface area contributed by atoms with Gasteiger partial charge in [0.15, 0.2) is 0 Å². The van der Waals surface area contributed by atoms with E-state index in [1.807, 2.05) is 12.3 Å². The van der Waals surface area contributed by atoms with Crippen LogP contribution in [0.15, 0.2) is 36.5 Å². The predicted molar refractivity (Wildman–Crippen MR) is 78.8 cm³/mol. The van der Waals surface area contributed by atoms with E-state index >= 15 is 0 Å². The molecule has 100 valence electrons. The lowest BCUT2D eigenvalue weighted by Gasteiger charge is -2.21. The maximum absolute atomic E-state index is 5.63. The molecule has 0 aliphatic heterocycles. The van der Waals surface area contributed by atoms with Crippen LogP contribution in [0.1, 0.15) is 24.8 Å². The van der Waals surface area contributed by atoms with E-state index in [2.05, 4.69) is 34.1 Å². The molecule has 1 aliphatic carbocycles. The van der Waals surface area contributed by atoms with Crippen LogP contribution in [0.25, 0.3) is 10.9 Å². The van der Waals surface area contributed by atoms with Crippen molar-refractivity contribution in [2.45, 2.75) is 31.8 Å². The molecule has 1 aromatic heterocycles. The highest BCUT2D eigenvalue weighted by Crippen LogP contribution is 2.28. The third-order valence-electron chi connectivity index (χ3n) is 3.77. The van der Waals surface area contributed by atoms with Gasteiger partial charge in [-0.05, 0) is 56.1 Å². The molecule has 3 rings (SSSR count). The van der Waals surface area contributed by atoms with E-state index in [4.69, 9.17) is 5.73 Å². The van der Waals surface area contributed by atoms with E-state index in [1.54, 1.807) is 0 Å². The zero-order valence-corrected chi connectivity index (χ0v) is 11.3. The lowest BCUT2D eigenvalue weighted by molar-refractivity contribution is 0.253. The number of hydrogen-bond acceptors (Lipinski definition) is 3. The van der Waals surface area contributed by atoms with Crippen molar-refractivity contribution in [3.8, 4) is 0 Å². The molecule has 0 bridgehead atoms. The fourth-order valence-electron chi connectivity index (χ4n) is 2.58. The van der Waals surface area contributed by atoms with E-state index in [-0.39, 0.29) is 0 Å². The molecule has 2 N–H and O–H groups in total. The van der Waals surface area contributed by atoms with Crippen LogP contribution in [-0.4, -0.2) is 29.0 Å². The van der Waals surface area contributed by atoms with Gasteiger partial charge >= 0.3 is 0 Å². The first kappa shape index (κ1) is 12.6. The molecule has 0 radical (unpaired) electrons. The Morgan fingerprint density at radius 3 is 2.95 bits per heavy atom. The summed E-state index contributed by atoms with van der Waals surface area (Å²) in [4.78, 5) is 6.94. The zero-order chi connectivity index (χ0) is 13.1. The molecular formula is C16H21N3. The number of aromatic nitrogens is 1. The van der Waals surface area contributed by atoms with Crippen molar-refractivity contribution in [2.75, 3.05) is 13.1 Å². The Morgan fingerprint density at radius 1 is 1.26 bits per heavy atom. The molecule has 1 fully saturated rings.